The van der Waals surface area contributed by atoms with E-state index in [4.69, 9.17) is 0 Å². The van der Waals surface area contributed by atoms with Crippen molar-refractivity contribution in [2.24, 2.45) is 5.10 Å². The first kappa shape index (κ1) is 16.0. The molecular formula is C18H16IN3OS. The van der Waals surface area contributed by atoms with Crippen molar-refractivity contribution in [3.8, 4) is 0 Å². The lowest BCUT2D eigenvalue weighted by molar-refractivity contribution is 0.698. The third-order valence-electron chi connectivity index (χ3n) is 4.35. The van der Waals surface area contributed by atoms with Crippen molar-refractivity contribution >= 4 is 50.4 Å². The molecule has 0 N–H and O–H groups in total. The van der Waals surface area contributed by atoms with E-state index in [9.17, 15) is 4.79 Å². The third-order valence-corrected chi connectivity index (χ3v) is 6.51. The number of rotatable bonds is 2. The molecule has 0 atom stereocenters. The van der Waals surface area contributed by atoms with E-state index in [0.717, 1.165) is 38.6 Å². The predicted molar refractivity (Wildman–Crippen MR) is 107 cm³/mol. The van der Waals surface area contributed by atoms with E-state index in [1.54, 1.807) is 17.6 Å². The van der Waals surface area contributed by atoms with E-state index in [1.165, 1.54) is 21.5 Å². The maximum Gasteiger partial charge on any atom is 0.283 e. The Morgan fingerprint density at radius 2 is 2.08 bits per heavy atom. The summed E-state index contributed by atoms with van der Waals surface area (Å²) in [5.41, 5.74) is 2.16. The van der Waals surface area contributed by atoms with Crippen molar-refractivity contribution < 1.29 is 0 Å². The lowest BCUT2D eigenvalue weighted by Crippen LogP contribution is -2.21. The minimum absolute atomic E-state index is 0.0425. The SMILES string of the molecule is Cc1nc2sc3c(c2c(=O)n1N=Cc1ccccc1I)CCCC3. The van der Waals surface area contributed by atoms with Crippen LogP contribution in [0.25, 0.3) is 10.2 Å². The lowest BCUT2D eigenvalue weighted by atomic mass is 9.97. The third kappa shape index (κ3) is 2.71. The molecule has 4 rings (SSSR count). The second-order valence-electron chi connectivity index (χ2n) is 5.93. The van der Waals surface area contributed by atoms with E-state index in [-0.39, 0.29) is 5.56 Å². The maximum absolute atomic E-state index is 13.0. The van der Waals surface area contributed by atoms with E-state index >= 15 is 0 Å². The second kappa shape index (κ2) is 6.40. The molecule has 0 spiro atoms. The summed E-state index contributed by atoms with van der Waals surface area (Å²) in [6.45, 7) is 1.84. The molecule has 2 heterocycles. The van der Waals surface area contributed by atoms with Crippen LogP contribution in [0.15, 0.2) is 34.2 Å². The van der Waals surface area contributed by atoms with Crippen molar-refractivity contribution in [3.05, 3.63) is 60.0 Å². The van der Waals surface area contributed by atoms with E-state index < -0.39 is 0 Å². The zero-order valence-corrected chi connectivity index (χ0v) is 16.2. The van der Waals surface area contributed by atoms with Crippen molar-refractivity contribution in [1.29, 1.82) is 0 Å². The summed E-state index contributed by atoms with van der Waals surface area (Å²) in [5.74, 6) is 0.633. The molecule has 3 aromatic rings. The van der Waals surface area contributed by atoms with Crippen LogP contribution >= 0.6 is 33.9 Å². The average Bonchev–Trinajstić information content (AvgIpc) is 2.94. The molecule has 24 heavy (non-hydrogen) atoms. The van der Waals surface area contributed by atoms with Crippen LogP contribution in [-0.4, -0.2) is 15.9 Å². The Morgan fingerprint density at radius 3 is 2.92 bits per heavy atom. The predicted octanol–water partition coefficient (Wildman–Crippen LogP) is 4.13. The van der Waals surface area contributed by atoms with Gasteiger partial charge in [0, 0.05) is 14.0 Å². The van der Waals surface area contributed by atoms with Crippen LogP contribution in [0.1, 0.15) is 34.7 Å². The molecule has 6 heteroatoms. The molecule has 1 aliphatic carbocycles. The summed E-state index contributed by atoms with van der Waals surface area (Å²) in [7, 11) is 0. The standard InChI is InChI=1S/C18H16IN3OS/c1-11-21-17-16(13-7-3-5-9-15(13)24-17)18(23)22(11)20-10-12-6-2-4-8-14(12)19/h2,4,6,8,10H,3,5,7,9H2,1H3. The van der Waals surface area contributed by atoms with Gasteiger partial charge in [-0.05, 0) is 66.8 Å². The molecule has 2 aromatic heterocycles. The molecule has 0 saturated carbocycles. The average molecular weight is 449 g/mol. The van der Waals surface area contributed by atoms with E-state index in [1.807, 2.05) is 31.2 Å². The first-order valence-corrected chi connectivity index (χ1v) is 9.87. The minimum Gasteiger partial charge on any atom is -0.267 e. The van der Waals surface area contributed by atoms with Gasteiger partial charge in [-0.2, -0.15) is 9.78 Å². The van der Waals surface area contributed by atoms with Gasteiger partial charge in [0.2, 0.25) is 0 Å². The van der Waals surface area contributed by atoms with Crippen molar-refractivity contribution in [2.75, 3.05) is 0 Å². The van der Waals surface area contributed by atoms with Gasteiger partial charge in [-0.15, -0.1) is 11.3 Å². The molecule has 0 saturated heterocycles. The molecule has 4 nitrogen and oxygen atoms in total. The molecule has 1 aliphatic rings. The Balaban J connectivity index is 1.87. The highest BCUT2D eigenvalue weighted by Gasteiger charge is 2.21. The number of fused-ring (bicyclic) bond motifs is 3. The summed E-state index contributed by atoms with van der Waals surface area (Å²) in [5, 5.41) is 5.21. The van der Waals surface area contributed by atoms with Crippen molar-refractivity contribution in [1.82, 2.24) is 9.66 Å². The summed E-state index contributed by atoms with van der Waals surface area (Å²) < 4.78 is 2.54. The van der Waals surface area contributed by atoms with Crippen LogP contribution in [-0.2, 0) is 12.8 Å². The highest BCUT2D eigenvalue weighted by Crippen LogP contribution is 2.33. The maximum atomic E-state index is 13.0. The van der Waals surface area contributed by atoms with Gasteiger partial charge in [-0.1, -0.05) is 18.2 Å². The van der Waals surface area contributed by atoms with Gasteiger partial charge in [0.1, 0.15) is 10.7 Å². The number of halogens is 1. The molecule has 122 valence electrons. The largest absolute Gasteiger partial charge is 0.283 e. The fourth-order valence-corrected chi connectivity index (χ4v) is 4.96. The molecule has 1 aromatic carbocycles. The van der Waals surface area contributed by atoms with Crippen LogP contribution in [0.5, 0.6) is 0 Å². The second-order valence-corrected chi connectivity index (χ2v) is 8.18. The molecule has 0 fully saturated rings. The Morgan fingerprint density at radius 1 is 1.29 bits per heavy atom. The zero-order valence-electron chi connectivity index (χ0n) is 13.3. The number of thiophene rings is 1. The minimum atomic E-state index is -0.0425. The van der Waals surface area contributed by atoms with Gasteiger partial charge in [0.05, 0.1) is 11.6 Å². The van der Waals surface area contributed by atoms with Crippen molar-refractivity contribution in [3.63, 3.8) is 0 Å². The number of benzene rings is 1. The summed E-state index contributed by atoms with van der Waals surface area (Å²) in [6, 6.07) is 7.97. The summed E-state index contributed by atoms with van der Waals surface area (Å²) in [6.07, 6.45) is 6.15. The zero-order chi connectivity index (χ0) is 16.7. The van der Waals surface area contributed by atoms with Crippen LogP contribution in [0.3, 0.4) is 0 Å². The van der Waals surface area contributed by atoms with Crippen LogP contribution < -0.4 is 5.56 Å². The van der Waals surface area contributed by atoms with Gasteiger partial charge in [-0.25, -0.2) is 4.98 Å². The normalized spacial score (nSPS) is 14.4. The Labute approximate surface area is 157 Å². The number of aryl methyl sites for hydroxylation is 3. The highest BCUT2D eigenvalue weighted by molar-refractivity contribution is 14.1. The number of hydrogen-bond donors (Lipinski definition) is 0. The van der Waals surface area contributed by atoms with Crippen molar-refractivity contribution in [2.45, 2.75) is 32.6 Å². The number of hydrogen-bond acceptors (Lipinski definition) is 4. The molecule has 0 radical (unpaired) electrons. The first-order chi connectivity index (χ1) is 11.6. The van der Waals surface area contributed by atoms with Gasteiger partial charge < -0.3 is 0 Å². The Kier molecular flexibility index (Phi) is 4.26. The van der Waals surface area contributed by atoms with Crippen LogP contribution in [0.4, 0.5) is 0 Å². The summed E-state index contributed by atoms with van der Waals surface area (Å²) in [4.78, 5) is 19.8. The first-order valence-electron chi connectivity index (χ1n) is 7.98. The lowest BCUT2D eigenvalue weighted by Gasteiger charge is -2.10. The van der Waals surface area contributed by atoms with Gasteiger partial charge in [-0.3, -0.25) is 4.79 Å². The van der Waals surface area contributed by atoms with E-state index in [2.05, 4.69) is 32.7 Å². The molecule has 0 amide bonds. The molecule has 0 aliphatic heterocycles. The summed E-state index contributed by atoms with van der Waals surface area (Å²) >= 11 is 3.95. The van der Waals surface area contributed by atoms with E-state index in [0.29, 0.717) is 5.82 Å². The van der Waals surface area contributed by atoms with Crippen LogP contribution in [0.2, 0.25) is 0 Å². The topological polar surface area (TPSA) is 47.2 Å². The molecular weight excluding hydrogens is 433 g/mol. The van der Waals surface area contributed by atoms with Gasteiger partial charge in [0.25, 0.3) is 5.56 Å². The smallest absolute Gasteiger partial charge is 0.267 e. The fourth-order valence-electron chi connectivity index (χ4n) is 3.13. The molecule has 0 unspecified atom stereocenters. The monoisotopic (exact) mass is 449 g/mol. The Hall–Kier alpha value is -1.54. The van der Waals surface area contributed by atoms with Gasteiger partial charge in [0.15, 0.2) is 0 Å². The Bertz CT molecular complexity index is 1020. The fraction of sp³-hybridized carbons (Fsp3) is 0.278. The van der Waals surface area contributed by atoms with Gasteiger partial charge >= 0.3 is 0 Å². The number of nitrogens with zero attached hydrogens (tertiary/aromatic N) is 3. The highest BCUT2D eigenvalue weighted by atomic mass is 127. The quantitative estimate of drug-likeness (QED) is 0.437. The molecule has 0 bridgehead atoms. The van der Waals surface area contributed by atoms with Crippen LogP contribution in [0, 0.1) is 10.5 Å². The number of aromatic nitrogens is 2.